The van der Waals surface area contributed by atoms with Crippen LogP contribution in [0.1, 0.15) is 29.9 Å². The van der Waals surface area contributed by atoms with Crippen LogP contribution in [0.15, 0.2) is 45.3 Å². The Balaban J connectivity index is 0.00000225. The summed E-state index contributed by atoms with van der Waals surface area (Å²) in [7, 11) is 0. The Morgan fingerprint density at radius 1 is 1.25 bits per heavy atom. The van der Waals surface area contributed by atoms with Gasteiger partial charge in [0.1, 0.15) is 5.76 Å². The van der Waals surface area contributed by atoms with Crippen molar-refractivity contribution >= 4 is 41.3 Å². The predicted molar refractivity (Wildman–Crippen MR) is 125 cm³/mol. The summed E-state index contributed by atoms with van der Waals surface area (Å²) in [6.45, 7) is 4.67. The van der Waals surface area contributed by atoms with Crippen LogP contribution in [0.2, 0.25) is 0 Å². The molecule has 5 nitrogen and oxygen atoms in total. The molecule has 0 saturated carbocycles. The highest BCUT2D eigenvalue weighted by Gasteiger charge is 2.33. The molecule has 0 amide bonds. The maximum Gasteiger partial charge on any atom is 0.193 e. The SMILES string of the molecule is I.c1coc(CCNC(=NCCc2cccs2)N2CCC3OCCCC3C2)c1. The highest BCUT2D eigenvalue weighted by molar-refractivity contribution is 14.0. The van der Waals surface area contributed by atoms with Gasteiger partial charge in [-0.3, -0.25) is 4.99 Å². The topological polar surface area (TPSA) is 50.0 Å². The molecule has 2 saturated heterocycles. The summed E-state index contributed by atoms with van der Waals surface area (Å²) in [6.07, 6.45) is 7.63. The predicted octanol–water partition coefficient (Wildman–Crippen LogP) is 4.19. The van der Waals surface area contributed by atoms with Crippen molar-refractivity contribution in [1.82, 2.24) is 10.2 Å². The lowest BCUT2D eigenvalue weighted by molar-refractivity contribution is -0.0559. The fraction of sp³-hybridized carbons (Fsp3) is 0.571. The summed E-state index contributed by atoms with van der Waals surface area (Å²) < 4.78 is 11.4. The number of nitrogens with zero attached hydrogens (tertiary/aromatic N) is 2. The number of furan rings is 1. The Kier molecular flexibility index (Phi) is 8.66. The minimum Gasteiger partial charge on any atom is -0.469 e. The van der Waals surface area contributed by atoms with Crippen LogP contribution in [0, 0.1) is 5.92 Å². The number of hydrogen-bond donors (Lipinski definition) is 1. The lowest BCUT2D eigenvalue weighted by atomic mass is 9.88. The van der Waals surface area contributed by atoms with Gasteiger partial charge < -0.3 is 19.4 Å². The van der Waals surface area contributed by atoms with Gasteiger partial charge in [-0.15, -0.1) is 35.3 Å². The highest BCUT2D eigenvalue weighted by Crippen LogP contribution is 2.28. The van der Waals surface area contributed by atoms with E-state index >= 15 is 0 Å². The van der Waals surface area contributed by atoms with Crippen LogP contribution in [0.5, 0.6) is 0 Å². The standard InChI is InChI=1S/C21H29N3O2S.HI/c1-4-17-16-24(12-9-20(17)26-14-1)21(22-10-7-18-5-2-13-25-18)23-11-8-19-6-3-15-27-19;/h2-3,5-6,13,15,17,20H,1,4,7-12,14,16H2,(H,22,23);1H. The number of halogens is 1. The largest absolute Gasteiger partial charge is 0.469 e. The Morgan fingerprint density at radius 2 is 2.21 bits per heavy atom. The zero-order chi connectivity index (χ0) is 18.3. The van der Waals surface area contributed by atoms with Crippen molar-refractivity contribution < 1.29 is 9.15 Å². The first-order valence-electron chi connectivity index (χ1n) is 10.1. The molecular formula is C21H30IN3O2S. The number of hydrogen-bond acceptors (Lipinski definition) is 4. The molecule has 2 aromatic heterocycles. The van der Waals surface area contributed by atoms with E-state index in [1.807, 2.05) is 23.5 Å². The summed E-state index contributed by atoms with van der Waals surface area (Å²) in [5, 5.41) is 5.72. The fourth-order valence-electron chi connectivity index (χ4n) is 4.03. The van der Waals surface area contributed by atoms with E-state index in [0.29, 0.717) is 12.0 Å². The van der Waals surface area contributed by atoms with Crippen LogP contribution in [-0.4, -0.2) is 49.7 Å². The van der Waals surface area contributed by atoms with Crippen LogP contribution >= 0.6 is 35.3 Å². The maximum absolute atomic E-state index is 5.97. The quantitative estimate of drug-likeness (QED) is 0.356. The van der Waals surface area contributed by atoms with Gasteiger partial charge in [0.15, 0.2) is 5.96 Å². The molecule has 1 N–H and O–H groups in total. The summed E-state index contributed by atoms with van der Waals surface area (Å²) >= 11 is 1.81. The highest BCUT2D eigenvalue weighted by atomic mass is 127. The Morgan fingerprint density at radius 3 is 3.04 bits per heavy atom. The molecule has 2 aliphatic rings. The van der Waals surface area contributed by atoms with E-state index in [1.165, 1.54) is 17.7 Å². The molecule has 4 rings (SSSR count). The molecule has 2 unspecified atom stereocenters. The second kappa shape index (κ2) is 11.2. The molecule has 0 bridgehead atoms. The Bertz CT molecular complexity index is 705. The van der Waals surface area contributed by atoms with Gasteiger partial charge in [0.05, 0.1) is 12.4 Å². The molecule has 0 spiro atoms. The summed E-state index contributed by atoms with van der Waals surface area (Å²) in [5.74, 6) is 2.70. The minimum atomic E-state index is 0. The van der Waals surface area contributed by atoms with E-state index < -0.39 is 0 Å². The third-order valence-corrected chi connectivity index (χ3v) is 6.39. The fourth-order valence-corrected chi connectivity index (χ4v) is 4.72. The van der Waals surface area contributed by atoms with Crippen LogP contribution in [-0.2, 0) is 17.6 Å². The summed E-state index contributed by atoms with van der Waals surface area (Å²) in [4.78, 5) is 8.78. The number of likely N-dealkylation sites (tertiary alicyclic amines) is 1. The number of piperidine rings is 1. The number of fused-ring (bicyclic) bond motifs is 1. The molecule has 2 aliphatic heterocycles. The first-order valence-corrected chi connectivity index (χ1v) is 11.0. The van der Waals surface area contributed by atoms with E-state index in [4.69, 9.17) is 14.1 Å². The summed E-state index contributed by atoms with van der Waals surface area (Å²) in [6, 6.07) is 8.27. The number of ether oxygens (including phenoxy) is 1. The Labute approximate surface area is 188 Å². The smallest absolute Gasteiger partial charge is 0.193 e. The first-order chi connectivity index (χ1) is 13.4. The molecule has 2 fully saturated rings. The molecule has 154 valence electrons. The molecular weight excluding hydrogens is 485 g/mol. The normalized spacial score (nSPS) is 22.4. The molecule has 28 heavy (non-hydrogen) atoms. The van der Waals surface area contributed by atoms with Crippen molar-refractivity contribution in [2.75, 3.05) is 32.8 Å². The lowest BCUT2D eigenvalue weighted by Gasteiger charge is -2.42. The van der Waals surface area contributed by atoms with Crippen molar-refractivity contribution in [2.24, 2.45) is 10.9 Å². The van der Waals surface area contributed by atoms with Crippen molar-refractivity contribution in [1.29, 1.82) is 0 Å². The monoisotopic (exact) mass is 515 g/mol. The van der Waals surface area contributed by atoms with Gasteiger partial charge in [-0.1, -0.05) is 6.07 Å². The van der Waals surface area contributed by atoms with Crippen LogP contribution < -0.4 is 5.32 Å². The molecule has 0 aliphatic carbocycles. The van der Waals surface area contributed by atoms with Crippen molar-refractivity contribution in [3.8, 4) is 0 Å². The van der Waals surface area contributed by atoms with Gasteiger partial charge in [-0.2, -0.15) is 0 Å². The number of nitrogens with one attached hydrogen (secondary N) is 1. The first kappa shape index (κ1) is 21.6. The average molecular weight is 515 g/mol. The van der Waals surface area contributed by atoms with Crippen LogP contribution in [0.4, 0.5) is 0 Å². The number of rotatable bonds is 6. The maximum atomic E-state index is 5.97. The second-order valence-electron chi connectivity index (χ2n) is 7.34. The van der Waals surface area contributed by atoms with E-state index in [9.17, 15) is 0 Å². The molecule has 7 heteroatoms. The molecule has 0 radical (unpaired) electrons. The zero-order valence-electron chi connectivity index (χ0n) is 16.2. The van der Waals surface area contributed by atoms with Gasteiger partial charge in [0.2, 0.25) is 0 Å². The van der Waals surface area contributed by atoms with Crippen molar-refractivity contribution in [2.45, 2.75) is 38.2 Å². The van der Waals surface area contributed by atoms with Gasteiger partial charge in [-0.25, -0.2) is 0 Å². The molecule has 0 aromatic carbocycles. The van der Waals surface area contributed by atoms with Crippen molar-refractivity contribution in [3.05, 3.63) is 46.5 Å². The van der Waals surface area contributed by atoms with E-state index in [-0.39, 0.29) is 24.0 Å². The summed E-state index contributed by atoms with van der Waals surface area (Å²) in [5.41, 5.74) is 0. The van der Waals surface area contributed by atoms with Crippen LogP contribution in [0.3, 0.4) is 0 Å². The van der Waals surface area contributed by atoms with E-state index in [2.05, 4.69) is 27.7 Å². The molecule has 2 aromatic rings. The molecule has 4 heterocycles. The number of thiophene rings is 1. The van der Waals surface area contributed by atoms with Gasteiger partial charge >= 0.3 is 0 Å². The number of guanidine groups is 1. The van der Waals surface area contributed by atoms with Crippen molar-refractivity contribution in [3.63, 3.8) is 0 Å². The van der Waals surface area contributed by atoms with Gasteiger partial charge in [0.25, 0.3) is 0 Å². The van der Waals surface area contributed by atoms with Crippen LogP contribution in [0.25, 0.3) is 0 Å². The van der Waals surface area contributed by atoms with Gasteiger partial charge in [-0.05, 0) is 42.8 Å². The van der Waals surface area contributed by atoms with E-state index in [1.54, 1.807) is 6.26 Å². The lowest BCUT2D eigenvalue weighted by Crippen LogP contribution is -2.52. The number of aliphatic imine (C=N–C) groups is 1. The third kappa shape index (κ3) is 5.97. The Hall–Kier alpha value is -1.06. The average Bonchev–Trinajstić information content (AvgIpc) is 3.40. The second-order valence-corrected chi connectivity index (χ2v) is 8.37. The van der Waals surface area contributed by atoms with Gasteiger partial charge in [0, 0.05) is 56.4 Å². The minimum absolute atomic E-state index is 0. The van der Waals surface area contributed by atoms with E-state index in [0.717, 1.165) is 63.8 Å². The molecule has 2 atom stereocenters. The third-order valence-electron chi connectivity index (χ3n) is 5.45. The zero-order valence-corrected chi connectivity index (χ0v) is 19.4.